The van der Waals surface area contributed by atoms with Gasteiger partial charge in [0.25, 0.3) is 0 Å². The zero-order chi connectivity index (χ0) is 19.1. The maximum Gasteiger partial charge on any atom is 0.408 e. The van der Waals surface area contributed by atoms with E-state index >= 15 is 0 Å². The highest BCUT2D eigenvalue weighted by atomic mass is 32.2. The topological polar surface area (TPSA) is 76.7 Å². The quantitative estimate of drug-likeness (QED) is 0.682. The number of β-lactam (4-membered cyclic amide) rings is 1. The summed E-state index contributed by atoms with van der Waals surface area (Å²) >= 11 is 1.70. The Bertz CT molecular complexity index is 767. The molecule has 0 saturated carbocycles. The number of hydrogen-bond acceptors (Lipinski definition) is 5. The number of ether oxygens (including phenoxy) is 2. The van der Waals surface area contributed by atoms with E-state index in [-0.39, 0.29) is 18.6 Å². The number of carbonyl (C=O) groups is 2. The fourth-order valence-electron chi connectivity index (χ4n) is 2.66. The van der Waals surface area contributed by atoms with Crippen LogP contribution >= 0.6 is 11.8 Å². The number of carbonyl (C=O) groups excluding carboxylic acids is 2. The van der Waals surface area contributed by atoms with Crippen LogP contribution in [0.4, 0.5) is 4.79 Å². The number of benzene rings is 2. The van der Waals surface area contributed by atoms with Gasteiger partial charge >= 0.3 is 6.09 Å². The first kappa shape index (κ1) is 19.1. The lowest BCUT2D eigenvalue weighted by molar-refractivity contribution is -0.130. The third-order valence-corrected chi connectivity index (χ3v) is 5.36. The van der Waals surface area contributed by atoms with E-state index in [1.54, 1.807) is 18.9 Å². The standard InChI is InChI=1S/C20H22N2O4S/c1-25-16-9-7-15(8-10-16)12-27-13-17-18(19(23)21-17)22-20(24)26-11-14-5-3-2-4-6-14/h2-10,17-18H,11-13H2,1H3,(H,21,23)(H,22,24). The van der Waals surface area contributed by atoms with E-state index in [0.717, 1.165) is 17.1 Å². The Morgan fingerprint density at radius 3 is 2.52 bits per heavy atom. The third-order valence-electron chi connectivity index (χ3n) is 4.22. The summed E-state index contributed by atoms with van der Waals surface area (Å²) in [6, 6.07) is 16.7. The molecule has 3 rings (SSSR count). The second-order valence-corrected chi connectivity index (χ2v) is 7.19. The van der Waals surface area contributed by atoms with Crippen molar-refractivity contribution < 1.29 is 19.1 Å². The van der Waals surface area contributed by atoms with Crippen LogP contribution in [0.3, 0.4) is 0 Å². The lowest BCUT2D eigenvalue weighted by Crippen LogP contribution is -2.70. The Kier molecular flexibility index (Phi) is 6.59. The Labute approximate surface area is 162 Å². The molecule has 2 N–H and O–H groups in total. The number of thioether (sulfide) groups is 1. The minimum Gasteiger partial charge on any atom is -0.497 e. The summed E-state index contributed by atoms with van der Waals surface area (Å²) in [5, 5.41) is 5.47. The molecule has 7 heteroatoms. The summed E-state index contributed by atoms with van der Waals surface area (Å²) < 4.78 is 10.3. The van der Waals surface area contributed by atoms with Crippen LogP contribution in [0.15, 0.2) is 54.6 Å². The van der Waals surface area contributed by atoms with Gasteiger partial charge in [-0.1, -0.05) is 42.5 Å². The van der Waals surface area contributed by atoms with Crippen molar-refractivity contribution in [2.45, 2.75) is 24.4 Å². The van der Waals surface area contributed by atoms with E-state index in [9.17, 15) is 9.59 Å². The largest absolute Gasteiger partial charge is 0.497 e. The molecule has 142 valence electrons. The molecule has 6 nitrogen and oxygen atoms in total. The summed E-state index contributed by atoms with van der Waals surface area (Å²) in [5.74, 6) is 2.18. The van der Waals surface area contributed by atoms with Crippen molar-refractivity contribution >= 4 is 23.8 Å². The lowest BCUT2D eigenvalue weighted by atomic mass is 10.0. The van der Waals surface area contributed by atoms with Gasteiger partial charge in [-0.05, 0) is 23.3 Å². The van der Waals surface area contributed by atoms with Gasteiger partial charge in [0.15, 0.2) is 0 Å². The monoisotopic (exact) mass is 386 g/mol. The summed E-state index contributed by atoms with van der Waals surface area (Å²) in [5.41, 5.74) is 2.08. The molecule has 0 spiro atoms. The number of amides is 2. The van der Waals surface area contributed by atoms with Crippen molar-refractivity contribution in [1.82, 2.24) is 10.6 Å². The highest BCUT2D eigenvalue weighted by Gasteiger charge is 2.40. The number of rotatable bonds is 8. The molecule has 1 aliphatic rings. The van der Waals surface area contributed by atoms with Crippen molar-refractivity contribution in [1.29, 1.82) is 0 Å². The minimum atomic E-state index is -0.580. The molecule has 2 aromatic carbocycles. The van der Waals surface area contributed by atoms with Crippen molar-refractivity contribution in [2.75, 3.05) is 12.9 Å². The zero-order valence-corrected chi connectivity index (χ0v) is 15.8. The van der Waals surface area contributed by atoms with Gasteiger partial charge in [-0.2, -0.15) is 11.8 Å². The second-order valence-electron chi connectivity index (χ2n) is 6.16. The molecule has 1 saturated heterocycles. The molecule has 0 radical (unpaired) electrons. The first-order chi connectivity index (χ1) is 13.2. The summed E-state index contributed by atoms with van der Waals surface area (Å²) in [6.07, 6.45) is -0.580. The minimum absolute atomic E-state index is 0.0926. The molecule has 0 aliphatic carbocycles. The van der Waals surface area contributed by atoms with Gasteiger partial charge in [-0.15, -0.1) is 0 Å². The van der Waals surface area contributed by atoms with Gasteiger partial charge in [-0.3, -0.25) is 4.79 Å². The first-order valence-electron chi connectivity index (χ1n) is 8.64. The molecule has 1 heterocycles. The molecule has 0 aromatic heterocycles. The molecule has 2 unspecified atom stereocenters. The highest BCUT2D eigenvalue weighted by Crippen LogP contribution is 2.20. The molecule has 2 atom stereocenters. The van der Waals surface area contributed by atoms with Crippen LogP contribution in [-0.2, 0) is 21.9 Å². The Morgan fingerprint density at radius 2 is 1.85 bits per heavy atom. The molecule has 27 heavy (non-hydrogen) atoms. The number of methoxy groups -OCH3 is 1. The van der Waals surface area contributed by atoms with Crippen LogP contribution in [-0.4, -0.2) is 36.9 Å². The Hall–Kier alpha value is -2.67. The summed E-state index contributed by atoms with van der Waals surface area (Å²) in [4.78, 5) is 23.7. The average Bonchev–Trinajstić information content (AvgIpc) is 2.71. The lowest BCUT2D eigenvalue weighted by Gasteiger charge is -2.36. The zero-order valence-electron chi connectivity index (χ0n) is 15.0. The maximum absolute atomic E-state index is 11.9. The smallest absolute Gasteiger partial charge is 0.408 e. The maximum atomic E-state index is 11.9. The predicted octanol–water partition coefficient (Wildman–Crippen LogP) is 2.72. The SMILES string of the molecule is COc1ccc(CSCC2NC(=O)C2NC(=O)OCc2ccccc2)cc1. The van der Waals surface area contributed by atoms with E-state index in [4.69, 9.17) is 9.47 Å². The van der Waals surface area contributed by atoms with Gasteiger partial charge in [0, 0.05) is 11.5 Å². The molecular formula is C20H22N2O4S. The molecule has 1 fully saturated rings. The normalized spacial score (nSPS) is 18.2. The van der Waals surface area contributed by atoms with Crippen LogP contribution in [0.1, 0.15) is 11.1 Å². The number of alkyl carbamates (subject to hydrolysis) is 1. The van der Waals surface area contributed by atoms with Crippen molar-refractivity contribution in [3.63, 3.8) is 0 Å². The molecule has 1 aliphatic heterocycles. The van der Waals surface area contributed by atoms with Crippen LogP contribution in [0.2, 0.25) is 0 Å². The fraction of sp³-hybridized carbons (Fsp3) is 0.300. The Balaban J connectivity index is 1.39. The molecular weight excluding hydrogens is 364 g/mol. The van der Waals surface area contributed by atoms with Crippen LogP contribution in [0, 0.1) is 0 Å². The van der Waals surface area contributed by atoms with Gasteiger partial charge in [-0.25, -0.2) is 4.79 Å². The van der Waals surface area contributed by atoms with Gasteiger partial charge < -0.3 is 20.1 Å². The third kappa shape index (κ3) is 5.40. The van der Waals surface area contributed by atoms with E-state index in [2.05, 4.69) is 10.6 Å². The molecule has 2 aromatic rings. The number of hydrogen-bond donors (Lipinski definition) is 2. The van der Waals surface area contributed by atoms with E-state index in [1.807, 2.05) is 54.6 Å². The van der Waals surface area contributed by atoms with Gasteiger partial charge in [0.05, 0.1) is 13.2 Å². The average molecular weight is 386 g/mol. The van der Waals surface area contributed by atoms with Gasteiger partial charge in [0.2, 0.25) is 5.91 Å². The first-order valence-corrected chi connectivity index (χ1v) is 9.79. The van der Waals surface area contributed by atoms with Crippen molar-refractivity contribution in [3.8, 4) is 5.75 Å². The molecule has 2 amide bonds. The molecule has 0 bridgehead atoms. The second kappa shape index (κ2) is 9.32. The van der Waals surface area contributed by atoms with Crippen molar-refractivity contribution in [3.05, 3.63) is 65.7 Å². The highest BCUT2D eigenvalue weighted by molar-refractivity contribution is 7.98. The summed E-state index contributed by atoms with van der Waals surface area (Å²) in [7, 11) is 1.64. The van der Waals surface area contributed by atoms with E-state index in [0.29, 0.717) is 5.75 Å². The predicted molar refractivity (Wildman–Crippen MR) is 105 cm³/mol. The summed E-state index contributed by atoms with van der Waals surface area (Å²) in [6.45, 7) is 0.178. The van der Waals surface area contributed by atoms with Gasteiger partial charge in [0.1, 0.15) is 18.4 Å². The van der Waals surface area contributed by atoms with Crippen LogP contribution in [0.25, 0.3) is 0 Å². The van der Waals surface area contributed by atoms with E-state index < -0.39 is 12.1 Å². The fourth-order valence-corrected chi connectivity index (χ4v) is 3.74. The van der Waals surface area contributed by atoms with E-state index in [1.165, 1.54) is 5.56 Å². The Morgan fingerprint density at radius 1 is 1.11 bits per heavy atom. The van der Waals surface area contributed by atoms with Crippen LogP contribution < -0.4 is 15.4 Å². The van der Waals surface area contributed by atoms with Crippen LogP contribution in [0.5, 0.6) is 5.75 Å². The number of nitrogens with one attached hydrogen (secondary N) is 2. The van der Waals surface area contributed by atoms with Crippen molar-refractivity contribution in [2.24, 2.45) is 0 Å².